The molecule has 3 rings (SSSR count). The van der Waals surface area contributed by atoms with Gasteiger partial charge in [0.1, 0.15) is 11.6 Å². The number of rotatable bonds is 3. The molecule has 21 heavy (non-hydrogen) atoms. The molecule has 1 aliphatic heterocycles. The zero-order valence-corrected chi connectivity index (χ0v) is 13.1. The molecule has 0 aromatic carbocycles. The van der Waals surface area contributed by atoms with Crippen LogP contribution >= 0.6 is 0 Å². The van der Waals surface area contributed by atoms with Crippen LogP contribution in [-0.2, 0) is 22.7 Å². The maximum absolute atomic E-state index is 11.5. The molecule has 0 amide bonds. The quantitative estimate of drug-likeness (QED) is 0.820. The van der Waals surface area contributed by atoms with Crippen molar-refractivity contribution in [2.75, 3.05) is 29.5 Å². The summed E-state index contributed by atoms with van der Waals surface area (Å²) in [7, 11) is -2.88. The van der Waals surface area contributed by atoms with Crippen LogP contribution in [0.1, 0.15) is 25.5 Å². The Morgan fingerprint density at radius 1 is 1.14 bits per heavy atom. The Balaban J connectivity index is 1.99. The van der Waals surface area contributed by atoms with Crippen molar-refractivity contribution < 1.29 is 8.42 Å². The summed E-state index contributed by atoms with van der Waals surface area (Å²) in [4.78, 5) is 11.1. The van der Waals surface area contributed by atoms with Crippen molar-refractivity contribution in [1.29, 1.82) is 0 Å². The number of sulfone groups is 1. The van der Waals surface area contributed by atoms with Crippen molar-refractivity contribution in [1.82, 2.24) is 19.6 Å². The van der Waals surface area contributed by atoms with E-state index < -0.39 is 9.84 Å². The highest BCUT2D eigenvalue weighted by molar-refractivity contribution is 7.91. The van der Waals surface area contributed by atoms with E-state index in [-0.39, 0.29) is 11.5 Å². The zero-order chi connectivity index (χ0) is 15.0. The van der Waals surface area contributed by atoms with Gasteiger partial charge in [-0.15, -0.1) is 5.10 Å². The van der Waals surface area contributed by atoms with Gasteiger partial charge in [0, 0.05) is 32.0 Å². The fraction of sp³-hybridized carbons (Fsp3) is 0.615. The average Bonchev–Trinajstić information content (AvgIpc) is 2.89. The molecule has 0 N–H and O–H groups in total. The normalized spacial score (nSPS) is 18.3. The van der Waals surface area contributed by atoms with E-state index in [1.54, 1.807) is 4.52 Å². The van der Waals surface area contributed by atoms with Crippen LogP contribution in [0.15, 0.2) is 6.07 Å². The summed E-state index contributed by atoms with van der Waals surface area (Å²) >= 11 is 0. The molecule has 0 spiro atoms. The molecular weight excluding hydrogens is 290 g/mol. The smallest absolute Gasteiger partial charge is 0.161 e. The predicted octanol–water partition coefficient (Wildman–Crippen LogP) is 0.484. The van der Waals surface area contributed by atoms with Crippen molar-refractivity contribution in [3.05, 3.63) is 17.7 Å². The van der Waals surface area contributed by atoms with Crippen LogP contribution in [-0.4, -0.2) is 52.6 Å². The minimum atomic E-state index is -2.88. The molecule has 0 atom stereocenters. The second kappa shape index (κ2) is 5.25. The van der Waals surface area contributed by atoms with Crippen molar-refractivity contribution in [3.8, 4) is 0 Å². The molecule has 0 radical (unpaired) electrons. The maximum Gasteiger partial charge on any atom is 0.161 e. The molecule has 1 saturated heterocycles. The second-order valence-corrected chi connectivity index (χ2v) is 7.48. The lowest BCUT2D eigenvalue weighted by Crippen LogP contribution is -2.40. The summed E-state index contributed by atoms with van der Waals surface area (Å²) in [5.74, 6) is 2.82. The van der Waals surface area contributed by atoms with Gasteiger partial charge in [0.15, 0.2) is 21.3 Å². The highest BCUT2D eigenvalue weighted by Gasteiger charge is 2.23. The van der Waals surface area contributed by atoms with E-state index in [1.165, 1.54) is 0 Å². The third-order valence-corrected chi connectivity index (χ3v) is 5.33. The first kappa shape index (κ1) is 14.2. The fourth-order valence-corrected chi connectivity index (χ4v) is 3.66. The van der Waals surface area contributed by atoms with Crippen LogP contribution in [0.25, 0.3) is 5.65 Å². The van der Waals surface area contributed by atoms with Gasteiger partial charge in [-0.3, -0.25) is 0 Å². The molecule has 0 bridgehead atoms. The highest BCUT2D eigenvalue weighted by atomic mass is 32.2. The van der Waals surface area contributed by atoms with Crippen LogP contribution in [0.5, 0.6) is 0 Å². The fourth-order valence-electron chi connectivity index (χ4n) is 2.46. The molecule has 0 saturated carbocycles. The molecule has 1 fully saturated rings. The Labute approximate surface area is 123 Å². The highest BCUT2D eigenvalue weighted by Crippen LogP contribution is 2.18. The Hall–Kier alpha value is -1.70. The SMILES string of the molecule is CCc1nc2cc(N3CCS(=O)(=O)CC3)nc(CC)n2n1. The second-order valence-electron chi connectivity index (χ2n) is 5.17. The lowest BCUT2D eigenvalue weighted by molar-refractivity contribution is 0.586. The number of aryl methyl sites for hydroxylation is 2. The summed E-state index contributed by atoms with van der Waals surface area (Å²) in [5.41, 5.74) is 0.780. The first-order valence-corrected chi connectivity index (χ1v) is 9.05. The van der Waals surface area contributed by atoms with E-state index in [0.717, 1.165) is 36.0 Å². The molecule has 1 aliphatic rings. The van der Waals surface area contributed by atoms with Crippen molar-refractivity contribution >= 4 is 21.3 Å². The van der Waals surface area contributed by atoms with Gasteiger partial charge in [0.05, 0.1) is 11.5 Å². The number of anilines is 1. The lowest BCUT2D eigenvalue weighted by Gasteiger charge is -2.27. The minimum Gasteiger partial charge on any atom is -0.354 e. The minimum absolute atomic E-state index is 0.189. The van der Waals surface area contributed by atoms with E-state index in [4.69, 9.17) is 0 Å². The third kappa shape index (κ3) is 2.72. The number of nitrogens with zero attached hydrogens (tertiary/aromatic N) is 5. The molecule has 3 heterocycles. The Morgan fingerprint density at radius 2 is 1.86 bits per heavy atom. The van der Waals surface area contributed by atoms with Gasteiger partial charge in [0.2, 0.25) is 0 Å². The van der Waals surface area contributed by atoms with E-state index in [1.807, 2.05) is 24.8 Å². The van der Waals surface area contributed by atoms with Crippen LogP contribution in [0.4, 0.5) is 5.82 Å². The van der Waals surface area contributed by atoms with Gasteiger partial charge in [-0.2, -0.15) is 4.52 Å². The molecular formula is C13H19N5O2S. The number of fused-ring (bicyclic) bond motifs is 1. The molecule has 2 aromatic heterocycles. The number of hydrogen-bond donors (Lipinski definition) is 0. The van der Waals surface area contributed by atoms with Gasteiger partial charge in [0.25, 0.3) is 0 Å². The number of aromatic nitrogens is 4. The first-order chi connectivity index (χ1) is 10.0. The molecule has 114 valence electrons. The molecule has 8 heteroatoms. The van der Waals surface area contributed by atoms with Crippen LogP contribution in [0, 0.1) is 0 Å². The maximum atomic E-state index is 11.5. The van der Waals surface area contributed by atoms with Gasteiger partial charge < -0.3 is 4.90 Å². The topological polar surface area (TPSA) is 80.5 Å². The van der Waals surface area contributed by atoms with E-state index in [0.29, 0.717) is 13.1 Å². The van der Waals surface area contributed by atoms with Crippen molar-refractivity contribution in [3.63, 3.8) is 0 Å². The molecule has 0 aliphatic carbocycles. The monoisotopic (exact) mass is 309 g/mol. The van der Waals surface area contributed by atoms with Gasteiger partial charge in [-0.05, 0) is 0 Å². The predicted molar refractivity (Wildman–Crippen MR) is 80.4 cm³/mol. The van der Waals surface area contributed by atoms with E-state index >= 15 is 0 Å². The third-order valence-electron chi connectivity index (χ3n) is 3.72. The molecule has 2 aromatic rings. The number of hydrogen-bond acceptors (Lipinski definition) is 6. The summed E-state index contributed by atoms with van der Waals surface area (Å²) in [6.07, 6.45) is 1.53. The van der Waals surface area contributed by atoms with Crippen LogP contribution in [0.3, 0.4) is 0 Å². The Bertz CT molecular complexity index is 754. The van der Waals surface area contributed by atoms with Gasteiger partial charge in [-0.25, -0.2) is 18.4 Å². The van der Waals surface area contributed by atoms with Crippen molar-refractivity contribution in [2.24, 2.45) is 0 Å². The van der Waals surface area contributed by atoms with E-state index in [2.05, 4.69) is 15.1 Å². The van der Waals surface area contributed by atoms with Crippen LogP contribution in [0.2, 0.25) is 0 Å². The summed E-state index contributed by atoms with van der Waals surface area (Å²) in [6.45, 7) is 5.02. The average molecular weight is 309 g/mol. The summed E-state index contributed by atoms with van der Waals surface area (Å²) in [6, 6.07) is 1.89. The van der Waals surface area contributed by atoms with Crippen LogP contribution < -0.4 is 4.90 Å². The largest absolute Gasteiger partial charge is 0.354 e. The molecule has 0 unspecified atom stereocenters. The standard InChI is InChI=1S/C13H19N5O2S/c1-3-10-14-13-9-12(15-11(4-2)18(13)16-10)17-5-7-21(19,20)8-6-17/h9H,3-8H2,1-2H3. The summed E-state index contributed by atoms with van der Waals surface area (Å²) < 4.78 is 24.8. The summed E-state index contributed by atoms with van der Waals surface area (Å²) in [5, 5.41) is 4.44. The molecule has 7 nitrogen and oxygen atoms in total. The Kier molecular flexibility index (Phi) is 3.56. The lowest BCUT2D eigenvalue weighted by atomic mass is 10.4. The Morgan fingerprint density at radius 3 is 2.48 bits per heavy atom. The van der Waals surface area contributed by atoms with E-state index in [9.17, 15) is 8.42 Å². The zero-order valence-electron chi connectivity index (χ0n) is 12.3. The van der Waals surface area contributed by atoms with Gasteiger partial charge >= 0.3 is 0 Å². The van der Waals surface area contributed by atoms with Gasteiger partial charge in [-0.1, -0.05) is 13.8 Å². The van der Waals surface area contributed by atoms with Crippen molar-refractivity contribution in [2.45, 2.75) is 26.7 Å². The first-order valence-electron chi connectivity index (χ1n) is 7.23.